The predicted octanol–water partition coefficient (Wildman–Crippen LogP) is 4.43. The minimum absolute atomic E-state index is 0.186. The van der Waals surface area contributed by atoms with Gasteiger partial charge < -0.3 is 14.1 Å². The zero-order chi connectivity index (χ0) is 21.1. The van der Waals surface area contributed by atoms with Gasteiger partial charge in [0, 0.05) is 19.0 Å². The second-order valence-corrected chi connectivity index (χ2v) is 7.08. The zero-order valence-corrected chi connectivity index (χ0v) is 16.0. The van der Waals surface area contributed by atoms with Crippen molar-refractivity contribution in [1.82, 2.24) is 9.88 Å². The minimum atomic E-state index is -0.865. The summed E-state index contributed by atoms with van der Waals surface area (Å²) in [7, 11) is 0. The number of rotatable bonds is 6. The number of oxazole rings is 1. The van der Waals surface area contributed by atoms with Crippen LogP contribution in [0.25, 0.3) is 0 Å². The van der Waals surface area contributed by atoms with E-state index in [1.807, 2.05) is 0 Å². The maximum absolute atomic E-state index is 13.7. The van der Waals surface area contributed by atoms with Gasteiger partial charge in [-0.25, -0.2) is 18.2 Å². The normalized spacial score (nSPS) is 16.1. The molecule has 1 aliphatic rings. The van der Waals surface area contributed by atoms with Gasteiger partial charge in [-0.2, -0.15) is 0 Å². The number of halogens is 3. The number of amides is 1. The first-order valence-electron chi connectivity index (χ1n) is 9.56. The van der Waals surface area contributed by atoms with Gasteiger partial charge in [0.15, 0.2) is 18.2 Å². The van der Waals surface area contributed by atoms with Gasteiger partial charge >= 0.3 is 0 Å². The van der Waals surface area contributed by atoms with E-state index >= 15 is 0 Å². The molecule has 1 aromatic heterocycles. The number of hydrogen-bond donors (Lipinski definition) is 0. The highest BCUT2D eigenvalue weighted by atomic mass is 19.1. The molecule has 1 atom stereocenters. The Morgan fingerprint density at radius 2 is 2.00 bits per heavy atom. The molecular weight excluding hydrogens is 397 g/mol. The van der Waals surface area contributed by atoms with E-state index in [2.05, 4.69) is 4.98 Å². The van der Waals surface area contributed by atoms with Crippen LogP contribution < -0.4 is 4.74 Å². The number of carbonyl (C=O) groups is 1. The Morgan fingerprint density at radius 3 is 2.80 bits per heavy atom. The molecule has 0 N–H and O–H groups in total. The number of ether oxygens (including phenoxy) is 1. The average Bonchev–Trinajstić information content (AvgIpc) is 3.36. The number of carbonyl (C=O) groups excluding carboxylic acids is 1. The first kappa shape index (κ1) is 20.0. The number of aromatic nitrogens is 1. The highest BCUT2D eigenvalue weighted by molar-refractivity contribution is 5.78. The lowest BCUT2D eigenvalue weighted by atomic mass is 10.1. The topological polar surface area (TPSA) is 55.6 Å². The maximum atomic E-state index is 13.7. The highest BCUT2D eigenvalue weighted by Gasteiger charge is 2.33. The van der Waals surface area contributed by atoms with Crippen LogP contribution in [0.3, 0.4) is 0 Å². The fourth-order valence-electron chi connectivity index (χ4n) is 3.54. The standard InChI is InChI=1S/C22H19F3N2O3/c23-15-4-1-3-14(9-15)10-17-12-26-22(30-17)19-5-2-8-27(19)21(28)13-29-20-7-6-16(24)11-18(20)25/h1,3-4,6-7,9,11-12,19H,2,5,8,10,13H2/t19-/m0/s1. The fourth-order valence-corrected chi connectivity index (χ4v) is 3.54. The van der Waals surface area contributed by atoms with E-state index in [0.717, 1.165) is 24.1 Å². The van der Waals surface area contributed by atoms with Crippen molar-refractivity contribution in [1.29, 1.82) is 0 Å². The van der Waals surface area contributed by atoms with Gasteiger partial charge in [0.25, 0.3) is 5.91 Å². The lowest BCUT2D eigenvalue weighted by molar-refractivity contribution is -0.134. The Bertz CT molecular complexity index is 1050. The van der Waals surface area contributed by atoms with Gasteiger partial charge in [0.05, 0.1) is 6.20 Å². The molecule has 1 aliphatic heterocycles. The van der Waals surface area contributed by atoms with Crippen LogP contribution in [0.1, 0.15) is 36.1 Å². The Morgan fingerprint density at radius 1 is 1.17 bits per heavy atom. The first-order chi connectivity index (χ1) is 14.5. The summed E-state index contributed by atoms with van der Waals surface area (Å²) >= 11 is 0. The van der Waals surface area contributed by atoms with E-state index < -0.39 is 11.6 Å². The van der Waals surface area contributed by atoms with Gasteiger partial charge in [-0.3, -0.25) is 4.79 Å². The molecule has 1 saturated heterocycles. The maximum Gasteiger partial charge on any atom is 0.261 e. The van der Waals surface area contributed by atoms with Crippen molar-refractivity contribution in [2.24, 2.45) is 0 Å². The highest BCUT2D eigenvalue weighted by Crippen LogP contribution is 2.32. The smallest absolute Gasteiger partial charge is 0.261 e. The minimum Gasteiger partial charge on any atom is -0.481 e. The third kappa shape index (κ3) is 4.48. The predicted molar refractivity (Wildman–Crippen MR) is 101 cm³/mol. The molecule has 0 radical (unpaired) electrons. The lowest BCUT2D eigenvalue weighted by Crippen LogP contribution is -2.34. The molecule has 0 spiro atoms. The van der Waals surface area contributed by atoms with Crippen molar-refractivity contribution < 1.29 is 27.1 Å². The summed E-state index contributed by atoms with van der Waals surface area (Å²) in [4.78, 5) is 18.5. The molecule has 0 saturated carbocycles. The SMILES string of the molecule is O=C(COc1ccc(F)cc1F)N1CCC[C@H]1c1ncc(Cc2cccc(F)c2)o1. The van der Waals surface area contributed by atoms with Crippen molar-refractivity contribution in [2.45, 2.75) is 25.3 Å². The number of likely N-dealkylation sites (tertiary alicyclic amines) is 1. The lowest BCUT2D eigenvalue weighted by Gasteiger charge is -2.22. The molecule has 3 aromatic rings. The molecule has 2 heterocycles. The number of nitrogens with zero attached hydrogens (tertiary/aromatic N) is 2. The van der Waals surface area contributed by atoms with E-state index in [4.69, 9.17) is 9.15 Å². The van der Waals surface area contributed by atoms with Crippen LogP contribution in [-0.4, -0.2) is 28.9 Å². The molecule has 0 unspecified atom stereocenters. The molecule has 30 heavy (non-hydrogen) atoms. The van der Waals surface area contributed by atoms with Gasteiger partial charge in [-0.05, 0) is 42.7 Å². The van der Waals surface area contributed by atoms with Gasteiger partial charge in [-0.1, -0.05) is 12.1 Å². The Balaban J connectivity index is 1.40. The van der Waals surface area contributed by atoms with E-state index in [-0.39, 0.29) is 30.1 Å². The summed E-state index contributed by atoms with van der Waals surface area (Å²) in [6.07, 6.45) is 3.41. The molecule has 1 fully saturated rings. The monoisotopic (exact) mass is 416 g/mol. The van der Waals surface area contributed by atoms with Crippen LogP contribution in [0.4, 0.5) is 13.2 Å². The summed E-state index contributed by atoms with van der Waals surface area (Å²) in [5.41, 5.74) is 0.756. The molecule has 0 bridgehead atoms. The summed E-state index contributed by atoms with van der Waals surface area (Å²) in [6, 6.07) is 8.79. The van der Waals surface area contributed by atoms with E-state index in [1.165, 1.54) is 12.1 Å². The summed E-state index contributed by atoms with van der Waals surface area (Å²) in [5.74, 6) is -1.46. The Kier molecular flexibility index (Phi) is 5.74. The Labute approximate surface area is 171 Å². The summed E-state index contributed by atoms with van der Waals surface area (Å²) in [5, 5.41) is 0. The third-order valence-corrected chi connectivity index (χ3v) is 4.94. The molecule has 2 aromatic carbocycles. The van der Waals surface area contributed by atoms with Crippen LogP contribution in [0.15, 0.2) is 53.1 Å². The van der Waals surface area contributed by atoms with E-state index in [0.29, 0.717) is 37.1 Å². The molecular formula is C22H19F3N2O3. The largest absolute Gasteiger partial charge is 0.481 e. The Hall–Kier alpha value is -3.29. The molecule has 156 valence electrons. The zero-order valence-electron chi connectivity index (χ0n) is 16.0. The van der Waals surface area contributed by atoms with Crippen LogP contribution in [0.5, 0.6) is 5.75 Å². The molecule has 8 heteroatoms. The van der Waals surface area contributed by atoms with Crippen molar-refractivity contribution in [3.8, 4) is 5.75 Å². The van der Waals surface area contributed by atoms with Gasteiger partial charge in [-0.15, -0.1) is 0 Å². The van der Waals surface area contributed by atoms with Crippen LogP contribution in [-0.2, 0) is 11.2 Å². The summed E-state index contributed by atoms with van der Waals surface area (Å²) in [6.45, 7) is 0.121. The second kappa shape index (κ2) is 8.61. The fraction of sp³-hybridized carbons (Fsp3) is 0.273. The molecule has 1 amide bonds. The first-order valence-corrected chi connectivity index (χ1v) is 9.56. The van der Waals surface area contributed by atoms with Gasteiger partial charge in [0.1, 0.15) is 23.4 Å². The van der Waals surface area contributed by atoms with Crippen LogP contribution in [0.2, 0.25) is 0 Å². The molecule has 4 rings (SSSR count). The van der Waals surface area contributed by atoms with Crippen molar-refractivity contribution in [3.63, 3.8) is 0 Å². The van der Waals surface area contributed by atoms with Gasteiger partial charge in [0.2, 0.25) is 5.89 Å². The third-order valence-electron chi connectivity index (χ3n) is 4.94. The molecule has 0 aliphatic carbocycles. The quantitative estimate of drug-likeness (QED) is 0.597. The van der Waals surface area contributed by atoms with E-state index in [9.17, 15) is 18.0 Å². The number of benzene rings is 2. The van der Waals surface area contributed by atoms with Crippen LogP contribution in [0, 0.1) is 17.5 Å². The number of hydrogen-bond acceptors (Lipinski definition) is 4. The van der Waals surface area contributed by atoms with Crippen molar-refractivity contribution in [3.05, 3.63) is 83.3 Å². The molecule has 5 nitrogen and oxygen atoms in total. The second-order valence-electron chi connectivity index (χ2n) is 7.08. The average molecular weight is 416 g/mol. The van der Waals surface area contributed by atoms with Crippen molar-refractivity contribution >= 4 is 5.91 Å². The van der Waals surface area contributed by atoms with Crippen LogP contribution >= 0.6 is 0 Å². The summed E-state index contributed by atoms with van der Waals surface area (Å²) < 4.78 is 51.1. The van der Waals surface area contributed by atoms with Crippen molar-refractivity contribution in [2.75, 3.05) is 13.2 Å². The van der Waals surface area contributed by atoms with E-state index in [1.54, 1.807) is 23.2 Å².